The van der Waals surface area contributed by atoms with Crippen LogP contribution < -0.4 is 0 Å². The number of piperidine rings is 1. The predicted octanol–water partition coefficient (Wildman–Crippen LogP) is 4.57. The summed E-state index contributed by atoms with van der Waals surface area (Å²) in [6.07, 6.45) is 3.63. The summed E-state index contributed by atoms with van der Waals surface area (Å²) in [5.74, 6) is 2.08. The first-order valence-electron chi connectivity index (χ1n) is 9.21. The first kappa shape index (κ1) is 16.2. The van der Waals surface area contributed by atoms with Crippen molar-refractivity contribution >= 4 is 27.3 Å². The van der Waals surface area contributed by atoms with Gasteiger partial charge in [0, 0.05) is 31.3 Å². The van der Waals surface area contributed by atoms with Crippen LogP contribution in [0.25, 0.3) is 10.2 Å². The normalized spacial score (nSPS) is 29.0. The maximum atomic E-state index is 5.01. The molecule has 0 bridgehead atoms. The molecule has 1 aromatic heterocycles. The van der Waals surface area contributed by atoms with Gasteiger partial charge in [-0.05, 0) is 55.8 Å². The van der Waals surface area contributed by atoms with Crippen LogP contribution in [0.4, 0.5) is 0 Å². The molecule has 1 saturated heterocycles. The second-order valence-corrected chi connectivity index (χ2v) is 8.99. The van der Waals surface area contributed by atoms with E-state index in [1.165, 1.54) is 40.4 Å². The molecular formula is C20H27N3S. The van der Waals surface area contributed by atoms with Gasteiger partial charge in [-0.25, -0.2) is 4.98 Å². The van der Waals surface area contributed by atoms with Crippen molar-refractivity contribution in [3.8, 4) is 0 Å². The van der Waals surface area contributed by atoms with Crippen molar-refractivity contribution in [2.75, 3.05) is 26.7 Å². The lowest BCUT2D eigenvalue weighted by molar-refractivity contribution is 0.198. The second-order valence-electron chi connectivity index (χ2n) is 7.92. The molecule has 0 aliphatic carbocycles. The zero-order valence-electron chi connectivity index (χ0n) is 15.0. The molecule has 2 aliphatic rings. The van der Waals surface area contributed by atoms with Crippen molar-refractivity contribution in [1.82, 2.24) is 9.88 Å². The fourth-order valence-corrected chi connectivity index (χ4v) is 5.20. The number of rotatable bonds is 2. The van der Waals surface area contributed by atoms with Gasteiger partial charge >= 0.3 is 0 Å². The molecule has 24 heavy (non-hydrogen) atoms. The highest BCUT2D eigenvalue weighted by Crippen LogP contribution is 2.35. The Labute approximate surface area is 148 Å². The molecular weight excluding hydrogens is 314 g/mol. The third-order valence-electron chi connectivity index (χ3n) is 5.40. The summed E-state index contributed by atoms with van der Waals surface area (Å²) in [4.78, 5) is 12.3. The maximum absolute atomic E-state index is 5.01. The summed E-state index contributed by atoms with van der Waals surface area (Å²) in [5.41, 5.74) is 3.71. The Morgan fingerprint density at radius 1 is 1.17 bits per heavy atom. The van der Waals surface area contributed by atoms with Gasteiger partial charge in [0.05, 0.1) is 15.2 Å². The number of aromatic nitrogens is 1. The summed E-state index contributed by atoms with van der Waals surface area (Å²) in [7, 11) is 2.23. The van der Waals surface area contributed by atoms with Gasteiger partial charge in [-0.1, -0.05) is 19.9 Å². The van der Waals surface area contributed by atoms with E-state index in [0.29, 0.717) is 5.92 Å². The molecule has 3 nitrogen and oxygen atoms in total. The van der Waals surface area contributed by atoms with E-state index in [0.717, 1.165) is 36.9 Å². The van der Waals surface area contributed by atoms with Crippen LogP contribution >= 0.6 is 11.3 Å². The minimum atomic E-state index is 0.590. The van der Waals surface area contributed by atoms with Crippen LogP contribution in [0.15, 0.2) is 23.2 Å². The molecule has 4 heteroatoms. The SMILES string of the molecule is CC1CCC(c2ccc3sc(C4CC(C)CN(C)C4)nc3c2)=NC1. The molecule has 2 aliphatic heterocycles. The summed E-state index contributed by atoms with van der Waals surface area (Å²) in [6.45, 7) is 7.97. The minimum absolute atomic E-state index is 0.590. The molecule has 0 amide bonds. The molecule has 0 radical (unpaired) electrons. The maximum Gasteiger partial charge on any atom is 0.0982 e. The Kier molecular flexibility index (Phi) is 4.44. The summed E-state index contributed by atoms with van der Waals surface area (Å²) in [5, 5.41) is 1.32. The van der Waals surface area contributed by atoms with Crippen molar-refractivity contribution in [3.63, 3.8) is 0 Å². The topological polar surface area (TPSA) is 28.5 Å². The predicted molar refractivity (Wildman–Crippen MR) is 103 cm³/mol. The summed E-state index contributed by atoms with van der Waals surface area (Å²) < 4.78 is 1.32. The van der Waals surface area contributed by atoms with E-state index in [2.05, 4.69) is 44.0 Å². The lowest BCUT2D eigenvalue weighted by Gasteiger charge is -2.32. The lowest BCUT2D eigenvalue weighted by Crippen LogP contribution is -2.35. The molecule has 2 aromatic rings. The minimum Gasteiger partial charge on any atom is -0.305 e. The van der Waals surface area contributed by atoms with Gasteiger partial charge in [-0.15, -0.1) is 11.3 Å². The highest BCUT2D eigenvalue weighted by atomic mass is 32.1. The zero-order chi connectivity index (χ0) is 16.7. The van der Waals surface area contributed by atoms with Gasteiger partial charge in [-0.3, -0.25) is 4.99 Å². The number of hydrogen-bond donors (Lipinski definition) is 0. The molecule has 128 valence electrons. The Morgan fingerprint density at radius 3 is 2.79 bits per heavy atom. The molecule has 3 heterocycles. The molecule has 4 rings (SSSR count). The lowest BCUT2D eigenvalue weighted by atomic mass is 9.91. The van der Waals surface area contributed by atoms with Crippen molar-refractivity contribution < 1.29 is 0 Å². The number of nitrogens with zero attached hydrogens (tertiary/aromatic N) is 3. The molecule has 0 N–H and O–H groups in total. The molecule has 1 fully saturated rings. The first-order valence-corrected chi connectivity index (χ1v) is 10.0. The van der Waals surface area contributed by atoms with Crippen LogP contribution in [0.1, 0.15) is 49.6 Å². The number of aliphatic imine (C=N–C) groups is 1. The van der Waals surface area contributed by atoms with E-state index < -0.39 is 0 Å². The largest absolute Gasteiger partial charge is 0.305 e. The van der Waals surface area contributed by atoms with Crippen LogP contribution in [0.2, 0.25) is 0 Å². The number of benzene rings is 1. The van der Waals surface area contributed by atoms with Crippen molar-refractivity contribution in [1.29, 1.82) is 0 Å². The Bertz CT molecular complexity index is 753. The first-order chi connectivity index (χ1) is 11.6. The fraction of sp³-hybridized carbons (Fsp3) is 0.600. The number of hydrogen-bond acceptors (Lipinski definition) is 4. The number of fused-ring (bicyclic) bond motifs is 1. The van der Waals surface area contributed by atoms with E-state index in [1.807, 2.05) is 11.3 Å². The van der Waals surface area contributed by atoms with Gasteiger partial charge in [-0.2, -0.15) is 0 Å². The van der Waals surface area contributed by atoms with Crippen LogP contribution in [-0.2, 0) is 0 Å². The molecule has 1 aromatic carbocycles. The third-order valence-corrected chi connectivity index (χ3v) is 6.60. The molecule has 0 spiro atoms. The van der Waals surface area contributed by atoms with E-state index in [4.69, 9.17) is 9.98 Å². The van der Waals surface area contributed by atoms with Crippen LogP contribution in [-0.4, -0.2) is 42.3 Å². The van der Waals surface area contributed by atoms with Crippen LogP contribution in [0, 0.1) is 11.8 Å². The van der Waals surface area contributed by atoms with Crippen LogP contribution in [0.3, 0.4) is 0 Å². The fourth-order valence-electron chi connectivity index (χ4n) is 4.15. The smallest absolute Gasteiger partial charge is 0.0982 e. The third kappa shape index (κ3) is 3.27. The van der Waals surface area contributed by atoms with Crippen molar-refractivity contribution in [2.45, 2.75) is 39.0 Å². The molecule has 3 atom stereocenters. The Hall–Kier alpha value is -1.26. The van der Waals surface area contributed by atoms with Crippen molar-refractivity contribution in [3.05, 3.63) is 28.8 Å². The molecule has 3 unspecified atom stereocenters. The van der Waals surface area contributed by atoms with E-state index in [1.54, 1.807) is 0 Å². The van der Waals surface area contributed by atoms with Gasteiger partial charge in [0.1, 0.15) is 0 Å². The highest BCUT2D eigenvalue weighted by molar-refractivity contribution is 7.18. The van der Waals surface area contributed by atoms with Gasteiger partial charge in [0.2, 0.25) is 0 Å². The number of likely N-dealkylation sites (tertiary alicyclic amines) is 1. The van der Waals surface area contributed by atoms with Crippen LogP contribution in [0.5, 0.6) is 0 Å². The quantitative estimate of drug-likeness (QED) is 0.800. The summed E-state index contributed by atoms with van der Waals surface area (Å²) >= 11 is 1.89. The van der Waals surface area contributed by atoms with E-state index >= 15 is 0 Å². The zero-order valence-corrected chi connectivity index (χ0v) is 15.8. The summed E-state index contributed by atoms with van der Waals surface area (Å²) in [6, 6.07) is 6.76. The monoisotopic (exact) mass is 341 g/mol. The van der Waals surface area contributed by atoms with E-state index in [9.17, 15) is 0 Å². The number of likely N-dealkylation sites (N-methyl/N-ethyl adjacent to an activating group) is 1. The molecule has 0 saturated carbocycles. The van der Waals surface area contributed by atoms with Crippen molar-refractivity contribution in [2.24, 2.45) is 16.8 Å². The van der Waals surface area contributed by atoms with Gasteiger partial charge in [0.15, 0.2) is 0 Å². The average molecular weight is 342 g/mol. The Morgan fingerprint density at radius 2 is 2.04 bits per heavy atom. The standard InChI is InChI=1S/C20H27N3S/c1-13-4-6-17(21-10-13)15-5-7-19-18(9-15)22-20(24-19)16-8-14(2)11-23(3)12-16/h5,7,9,13-14,16H,4,6,8,10-12H2,1-3H3. The average Bonchev–Trinajstić information content (AvgIpc) is 2.98. The highest BCUT2D eigenvalue weighted by Gasteiger charge is 2.26. The van der Waals surface area contributed by atoms with Gasteiger partial charge in [0.25, 0.3) is 0 Å². The van der Waals surface area contributed by atoms with E-state index in [-0.39, 0.29) is 0 Å². The second kappa shape index (κ2) is 6.57. The Balaban J connectivity index is 1.62. The number of thiazole rings is 1. The van der Waals surface area contributed by atoms with Gasteiger partial charge < -0.3 is 4.90 Å².